The van der Waals surface area contributed by atoms with Gasteiger partial charge in [-0.15, -0.1) is 0 Å². The van der Waals surface area contributed by atoms with Crippen molar-refractivity contribution in [2.75, 3.05) is 46.5 Å². The highest BCUT2D eigenvalue weighted by molar-refractivity contribution is 5.77. The van der Waals surface area contributed by atoms with Crippen LogP contribution in [-0.4, -0.2) is 62.2 Å². The lowest BCUT2D eigenvalue weighted by Gasteiger charge is -2.34. The number of methoxy groups -OCH3 is 1. The SMILES string of the molecule is CCOc1ccc(CN2CCN(C(=O)COC)CC2)cc1. The average Bonchev–Trinajstić information content (AvgIpc) is 2.50. The minimum atomic E-state index is 0.0817. The van der Waals surface area contributed by atoms with Crippen LogP contribution in [0, 0.1) is 0 Å². The monoisotopic (exact) mass is 292 g/mol. The van der Waals surface area contributed by atoms with Crippen LogP contribution in [-0.2, 0) is 16.1 Å². The second-order valence-electron chi connectivity index (χ2n) is 5.17. The van der Waals surface area contributed by atoms with Gasteiger partial charge in [0.1, 0.15) is 12.4 Å². The predicted octanol–water partition coefficient (Wildman–Crippen LogP) is 1.38. The Kier molecular flexibility index (Phi) is 6.02. The Morgan fingerprint density at radius 2 is 1.81 bits per heavy atom. The van der Waals surface area contributed by atoms with E-state index in [1.165, 1.54) is 5.56 Å². The predicted molar refractivity (Wildman–Crippen MR) is 81.3 cm³/mol. The van der Waals surface area contributed by atoms with Crippen LogP contribution in [0.2, 0.25) is 0 Å². The summed E-state index contributed by atoms with van der Waals surface area (Å²) in [6.45, 7) is 7.14. The first kappa shape index (κ1) is 15.8. The number of benzene rings is 1. The maximum absolute atomic E-state index is 11.7. The lowest BCUT2D eigenvalue weighted by atomic mass is 10.2. The van der Waals surface area contributed by atoms with Gasteiger partial charge in [-0.3, -0.25) is 9.69 Å². The maximum atomic E-state index is 11.7. The summed E-state index contributed by atoms with van der Waals surface area (Å²) in [5.41, 5.74) is 1.27. The van der Waals surface area contributed by atoms with E-state index in [9.17, 15) is 4.79 Å². The molecule has 1 aliphatic heterocycles. The molecule has 1 aromatic rings. The van der Waals surface area contributed by atoms with Crippen molar-refractivity contribution < 1.29 is 14.3 Å². The molecule has 0 radical (unpaired) electrons. The molecule has 0 atom stereocenters. The van der Waals surface area contributed by atoms with Crippen LogP contribution < -0.4 is 4.74 Å². The molecule has 2 rings (SSSR count). The average molecular weight is 292 g/mol. The van der Waals surface area contributed by atoms with Crippen molar-refractivity contribution in [1.82, 2.24) is 9.80 Å². The van der Waals surface area contributed by atoms with E-state index in [2.05, 4.69) is 17.0 Å². The number of amides is 1. The Hall–Kier alpha value is -1.59. The van der Waals surface area contributed by atoms with Crippen molar-refractivity contribution in [1.29, 1.82) is 0 Å². The molecule has 0 aromatic heterocycles. The zero-order valence-corrected chi connectivity index (χ0v) is 12.9. The van der Waals surface area contributed by atoms with Gasteiger partial charge in [-0.1, -0.05) is 12.1 Å². The topological polar surface area (TPSA) is 42.0 Å². The van der Waals surface area contributed by atoms with E-state index in [-0.39, 0.29) is 12.5 Å². The van der Waals surface area contributed by atoms with Gasteiger partial charge in [-0.2, -0.15) is 0 Å². The summed E-state index contributed by atoms with van der Waals surface area (Å²) in [4.78, 5) is 16.0. The standard InChI is InChI=1S/C16H24N2O3/c1-3-21-15-6-4-14(5-7-15)12-17-8-10-18(11-9-17)16(19)13-20-2/h4-7H,3,8-13H2,1-2H3. The second kappa shape index (κ2) is 8.00. The highest BCUT2D eigenvalue weighted by Gasteiger charge is 2.20. The third-order valence-corrected chi connectivity index (χ3v) is 3.63. The molecule has 0 unspecified atom stereocenters. The molecule has 0 spiro atoms. The molecule has 1 aromatic carbocycles. The molecule has 1 heterocycles. The van der Waals surface area contributed by atoms with Crippen LogP contribution in [0.15, 0.2) is 24.3 Å². The lowest BCUT2D eigenvalue weighted by molar-refractivity contribution is -0.136. The first-order valence-electron chi connectivity index (χ1n) is 7.43. The Bertz CT molecular complexity index is 439. The Balaban J connectivity index is 1.79. The normalized spacial score (nSPS) is 16.0. The number of rotatable bonds is 6. The molecular weight excluding hydrogens is 268 g/mol. The van der Waals surface area contributed by atoms with Gasteiger partial charge in [0.05, 0.1) is 6.61 Å². The summed E-state index contributed by atoms with van der Waals surface area (Å²) >= 11 is 0. The Morgan fingerprint density at radius 1 is 1.14 bits per heavy atom. The largest absolute Gasteiger partial charge is 0.494 e. The van der Waals surface area contributed by atoms with Gasteiger partial charge in [-0.05, 0) is 24.6 Å². The molecule has 0 N–H and O–H groups in total. The van der Waals surface area contributed by atoms with Crippen LogP contribution in [0.25, 0.3) is 0 Å². The zero-order chi connectivity index (χ0) is 15.1. The fourth-order valence-corrected chi connectivity index (χ4v) is 2.49. The number of hydrogen-bond donors (Lipinski definition) is 0. The third-order valence-electron chi connectivity index (χ3n) is 3.63. The molecule has 5 nitrogen and oxygen atoms in total. The van der Waals surface area contributed by atoms with Crippen LogP contribution in [0.5, 0.6) is 5.75 Å². The number of ether oxygens (including phenoxy) is 2. The van der Waals surface area contributed by atoms with Crippen LogP contribution >= 0.6 is 0 Å². The zero-order valence-electron chi connectivity index (χ0n) is 12.9. The van der Waals surface area contributed by atoms with Gasteiger partial charge < -0.3 is 14.4 Å². The third kappa shape index (κ3) is 4.72. The number of carbonyl (C=O) groups excluding carboxylic acids is 1. The first-order chi connectivity index (χ1) is 10.2. The van der Waals surface area contributed by atoms with E-state index in [1.807, 2.05) is 24.0 Å². The highest BCUT2D eigenvalue weighted by atomic mass is 16.5. The van der Waals surface area contributed by atoms with E-state index in [0.717, 1.165) is 38.5 Å². The van der Waals surface area contributed by atoms with E-state index in [4.69, 9.17) is 9.47 Å². The molecule has 1 saturated heterocycles. The minimum Gasteiger partial charge on any atom is -0.494 e. The second-order valence-corrected chi connectivity index (χ2v) is 5.17. The van der Waals surface area contributed by atoms with Gasteiger partial charge in [0, 0.05) is 39.8 Å². The van der Waals surface area contributed by atoms with Crippen LogP contribution in [0.3, 0.4) is 0 Å². The van der Waals surface area contributed by atoms with Crippen molar-refractivity contribution in [3.05, 3.63) is 29.8 Å². The van der Waals surface area contributed by atoms with E-state index >= 15 is 0 Å². The van der Waals surface area contributed by atoms with Gasteiger partial charge in [0.15, 0.2) is 0 Å². The minimum absolute atomic E-state index is 0.0817. The molecule has 0 bridgehead atoms. The van der Waals surface area contributed by atoms with E-state index in [1.54, 1.807) is 7.11 Å². The van der Waals surface area contributed by atoms with Crippen molar-refractivity contribution >= 4 is 5.91 Å². The highest BCUT2D eigenvalue weighted by Crippen LogP contribution is 2.14. The fraction of sp³-hybridized carbons (Fsp3) is 0.562. The molecule has 21 heavy (non-hydrogen) atoms. The van der Waals surface area contributed by atoms with Gasteiger partial charge in [-0.25, -0.2) is 0 Å². The summed E-state index contributed by atoms with van der Waals surface area (Å²) in [7, 11) is 1.56. The summed E-state index contributed by atoms with van der Waals surface area (Å²) < 4.78 is 10.3. The molecule has 1 fully saturated rings. The van der Waals surface area contributed by atoms with Crippen LogP contribution in [0.4, 0.5) is 0 Å². The molecule has 116 valence electrons. The molecule has 1 aliphatic rings. The molecule has 1 amide bonds. The number of nitrogens with zero attached hydrogens (tertiary/aromatic N) is 2. The number of piperazine rings is 1. The Morgan fingerprint density at radius 3 is 2.38 bits per heavy atom. The summed E-state index contributed by atoms with van der Waals surface area (Å²) in [5, 5.41) is 0. The lowest BCUT2D eigenvalue weighted by Crippen LogP contribution is -2.49. The maximum Gasteiger partial charge on any atom is 0.248 e. The molecule has 5 heteroatoms. The number of carbonyl (C=O) groups is 1. The van der Waals surface area contributed by atoms with E-state index in [0.29, 0.717) is 6.61 Å². The number of hydrogen-bond acceptors (Lipinski definition) is 4. The van der Waals surface area contributed by atoms with Crippen molar-refractivity contribution in [2.24, 2.45) is 0 Å². The van der Waals surface area contributed by atoms with Crippen molar-refractivity contribution in [3.8, 4) is 5.75 Å². The molecular formula is C16H24N2O3. The Labute approximate surface area is 126 Å². The van der Waals surface area contributed by atoms with Gasteiger partial charge in [0.2, 0.25) is 5.91 Å². The van der Waals surface area contributed by atoms with Crippen molar-refractivity contribution in [2.45, 2.75) is 13.5 Å². The summed E-state index contributed by atoms with van der Waals surface area (Å²) in [5.74, 6) is 0.995. The summed E-state index contributed by atoms with van der Waals surface area (Å²) in [6.07, 6.45) is 0. The van der Waals surface area contributed by atoms with E-state index < -0.39 is 0 Å². The van der Waals surface area contributed by atoms with Crippen LogP contribution in [0.1, 0.15) is 12.5 Å². The van der Waals surface area contributed by atoms with Crippen molar-refractivity contribution in [3.63, 3.8) is 0 Å². The first-order valence-corrected chi connectivity index (χ1v) is 7.43. The molecule has 0 saturated carbocycles. The summed E-state index contributed by atoms with van der Waals surface area (Å²) in [6, 6.07) is 8.23. The van der Waals surface area contributed by atoms with Gasteiger partial charge >= 0.3 is 0 Å². The molecule has 0 aliphatic carbocycles. The van der Waals surface area contributed by atoms with Gasteiger partial charge in [0.25, 0.3) is 0 Å². The quantitative estimate of drug-likeness (QED) is 0.794. The smallest absolute Gasteiger partial charge is 0.248 e. The fourth-order valence-electron chi connectivity index (χ4n) is 2.49.